The zero-order chi connectivity index (χ0) is 22.8. The number of carboxylic acid groups (broad SMARTS) is 1. The molecule has 9 heteroatoms. The van der Waals surface area contributed by atoms with E-state index in [0.717, 1.165) is 27.6 Å². The van der Waals surface area contributed by atoms with E-state index in [1.807, 2.05) is 31.2 Å². The molecule has 0 saturated carbocycles. The molecule has 3 aromatic rings. The van der Waals surface area contributed by atoms with Gasteiger partial charge in [-0.3, -0.25) is 10.2 Å². The van der Waals surface area contributed by atoms with Gasteiger partial charge in [-0.15, -0.1) is 11.8 Å². The lowest BCUT2D eigenvalue weighted by Crippen LogP contribution is -2.33. The molecule has 4 N–H and O–H groups in total. The fraction of sp³-hybridized carbons (Fsp3) is 0.217. The van der Waals surface area contributed by atoms with E-state index in [0.29, 0.717) is 17.0 Å². The zero-order valence-corrected chi connectivity index (χ0v) is 18.4. The fourth-order valence-electron chi connectivity index (χ4n) is 3.75. The van der Waals surface area contributed by atoms with Crippen LogP contribution in [0, 0.1) is 6.92 Å². The lowest BCUT2D eigenvalue weighted by Gasteiger charge is -2.13. The van der Waals surface area contributed by atoms with Crippen LogP contribution in [-0.2, 0) is 16.6 Å². The van der Waals surface area contributed by atoms with E-state index in [9.17, 15) is 14.7 Å². The second kappa shape index (κ2) is 8.92. The van der Waals surface area contributed by atoms with Crippen molar-refractivity contribution >= 4 is 46.0 Å². The smallest absolute Gasteiger partial charge is 0.313 e. The van der Waals surface area contributed by atoms with Crippen LogP contribution in [-0.4, -0.2) is 50.4 Å². The quantitative estimate of drug-likeness (QED) is 0.408. The Hall–Kier alpha value is -3.52. The third kappa shape index (κ3) is 4.27. The molecule has 1 aliphatic rings. The monoisotopic (exact) mass is 450 g/mol. The minimum absolute atomic E-state index is 0.0717. The molecule has 1 aromatic heterocycles. The first kappa shape index (κ1) is 21.7. The lowest BCUT2D eigenvalue weighted by molar-refractivity contribution is -0.133. The highest BCUT2D eigenvalue weighted by molar-refractivity contribution is 8.00. The Balaban J connectivity index is 1.75. The van der Waals surface area contributed by atoms with Crippen molar-refractivity contribution < 1.29 is 19.8 Å². The van der Waals surface area contributed by atoms with Crippen LogP contribution in [0.1, 0.15) is 16.7 Å². The van der Waals surface area contributed by atoms with E-state index in [1.165, 1.54) is 11.8 Å². The number of rotatable bonds is 7. The molecular formula is C23H22N4O4S. The van der Waals surface area contributed by atoms with Gasteiger partial charge >= 0.3 is 5.97 Å². The summed E-state index contributed by atoms with van der Waals surface area (Å²) in [6.45, 7) is 1.63. The molecule has 1 atom stereocenters. The largest absolute Gasteiger partial charge is 0.481 e. The normalized spacial score (nSPS) is 15.1. The Kier molecular flexibility index (Phi) is 6.05. The number of aliphatic carboxylic acids is 1. The molecule has 1 aliphatic heterocycles. The van der Waals surface area contributed by atoms with Crippen LogP contribution in [0.3, 0.4) is 0 Å². The second-order valence-corrected chi connectivity index (χ2v) is 8.60. The lowest BCUT2D eigenvalue weighted by atomic mass is 9.95. The number of hydrazone groups is 1. The van der Waals surface area contributed by atoms with Crippen molar-refractivity contribution in [3.05, 3.63) is 59.3 Å². The number of carbonyl (C=O) groups is 1. The number of amidine groups is 1. The summed E-state index contributed by atoms with van der Waals surface area (Å²) < 4.78 is 2.08. The number of benzene rings is 2. The van der Waals surface area contributed by atoms with Crippen molar-refractivity contribution in [1.82, 2.24) is 15.3 Å². The van der Waals surface area contributed by atoms with Crippen molar-refractivity contribution in [3.8, 4) is 11.1 Å². The van der Waals surface area contributed by atoms with E-state index in [1.54, 1.807) is 6.07 Å². The highest BCUT2D eigenvalue weighted by atomic mass is 32.2. The molecule has 0 amide bonds. The topological polar surface area (TPSA) is 116 Å². The summed E-state index contributed by atoms with van der Waals surface area (Å²) in [5.41, 5.74) is 7.99. The summed E-state index contributed by atoms with van der Waals surface area (Å²) >= 11 is 1.17. The number of aliphatic hydroxyl groups excluding tert-OH is 1. The summed E-state index contributed by atoms with van der Waals surface area (Å²) in [6.07, 6.45) is 2.08. The number of nitrogens with zero attached hydrogens (tertiary/aromatic N) is 2. The predicted molar refractivity (Wildman–Crippen MR) is 126 cm³/mol. The van der Waals surface area contributed by atoms with Gasteiger partial charge in [0.05, 0.1) is 17.9 Å². The van der Waals surface area contributed by atoms with E-state index in [-0.39, 0.29) is 16.8 Å². The maximum Gasteiger partial charge on any atom is 0.313 e. The Labute approximate surface area is 188 Å². The highest BCUT2D eigenvalue weighted by Crippen LogP contribution is 2.30. The van der Waals surface area contributed by atoms with Crippen molar-refractivity contribution in [2.75, 3.05) is 12.4 Å². The summed E-state index contributed by atoms with van der Waals surface area (Å²) in [4.78, 5) is 22.2. The SMILES string of the molecule is Cc1cn(C)c2ccc(-c3cc(C(=C=O)CO)cc(C4=NNC(SCC(=O)O)N4)c3)cc12. The number of thioether (sulfide) groups is 1. The maximum atomic E-state index is 11.4. The van der Waals surface area contributed by atoms with Gasteiger partial charge in [0.1, 0.15) is 5.94 Å². The van der Waals surface area contributed by atoms with Gasteiger partial charge in [-0.2, -0.15) is 5.10 Å². The van der Waals surface area contributed by atoms with Crippen LogP contribution >= 0.6 is 11.8 Å². The minimum Gasteiger partial charge on any atom is -0.481 e. The predicted octanol–water partition coefficient (Wildman–Crippen LogP) is 2.32. The van der Waals surface area contributed by atoms with Crippen molar-refractivity contribution in [1.29, 1.82) is 0 Å². The van der Waals surface area contributed by atoms with Crippen LogP contribution in [0.5, 0.6) is 0 Å². The van der Waals surface area contributed by atoms with Gasteiger partial charge in [0.2, 0.25) is 0 Å². The van der Waals surface area contributed by atoms with Gasteiger partial charge in [-0.25, -0.2) is 4.79 Å². The first-order valence-corrected chi connectivity index (χ1v) is 10.9. The molecule has 0 radical (unpaired) electrons. The van der Waals surface area contributed by atoms with Crippen molar-refractivity contribution in [2.24, 2.45) is 12.1 Å². The Morgan fingerprint density at radius 2 is 2.00 bits per heavy atom. The van der Waals surface area contributed by atoms with Crippen LogP contribution in [0.2, 0.25) is 0 Å². The number of carboxylic acids is 1. The van der Waals surface area contributed by atoms with E-state index in [2.05, 4.69) is 45.7 Å². The summed E-state index contributed by atoms with van der Waals surface area (Å²) in [7, 11) is 2.01. The molecule has 0 saturated heterocycles. The van der Waals surface area contributed by atoms with Gasteiger partial charge in [0.15, 0.2) is 11.3 Å². The number of aryl methyl sites for hydroxylation is 2. The average molecular weight is 451 g/mol. The van der Waals surface area contributed by atoms with Crippen LogP contribution < -0.4 is 10.7 Å². The molecule has 0 bridgehead atoms. The number of fused-ring (bicyclic) bond motifs is 1. The average Bonchev–Trinajstić information content (AvgIpc) is 3.37. The van der Waals surface area contributed by atoms with Crippen LogP contribution in [0.15, 0.2) is 47.7 Å². The molecule has 0 aliphatic carbocycles. The van der Waals surface area contributed by atoms with Gasteiger partial charge in [-0.05, 0) is 59.5 Å². The van der Waals surface area contributed by atoms with E-state index >= 15 is 0 Å². The fourth-order valence-corrected chi connectivity index (χ4v) is 4.38. The summed E-state index contributed by atoms with van der Waals surface area (Å²) in [6, 6.07) is 11.7. The zero-order valence-electron chi connectivity index (χ0n) is 17.5. The van der Waals surface area contributed by atoms with Crippen LogP contribution in [0.25, 0.3) is 27.6 Å². The minimum atomic E-state index is -0.911. The van der Waals surface area contributed by atoms with Gasteiger partial charge in [-0.1, -0.05) is 6.07 Å². The molecule has 2 heterocycles. The van der Waals surface area contributed by atoms with Crippen molar-refractivity contribution in [2.45, 2.75) is 12.4 Å². The van der Waals surface area contributed by atoms with E-state index in [4.69, 9.17) is 5.11 Å². The summed E-state index contributed by atoms with van der Waals surface area (Å²) in [5.74, 6) is 1.36. The van der Waals surface area contributed by atoms with Gasteiger partial charge < -0.3 is 20.1 Å². The molecule has 2 aromatic carbocycles. The number of aliphatic hydroxyl groups is 1. The second-order valence-electron chi connectivity index (χ2n) is 7.51. The third-order valence-corrected chi connectivity index (χ3v) is 6.26. The summed E-state index contributed by atoms with van der Waals surface area (Å²) in [5, 5.41) is 27.1. The molecule has 0 fully saturated rings. The standard InChI is InChI=1S/C23H22N4O4S/c1-13-9-27(2)20-4-3-14(8-19(13)20)15-5-16(18(10-28)11-29)7-17(6-15)22-24-23(26-25-22)32-12-21(30)31/h3-9,23,26,28H,10,12H2,1-2H3,(H,24,25)(H,30,31). The first-order valence-electron chi connectivity index (χ1n) is 9.89. The number of nitrogens with one attached hydrogen (secondary N) is 2. The highest BCUT2D eigenvalue weighted by Gasteiger charge is 2.21. The Bertz CT molecular complexity index is 1290. The molecule has 164 valence electrons. The molecule has 8 nitrogen and oxygen atoms in total. The van der Waals surface area contributed by atoms with Crippen molar-refractivity contribution in [3.63, 3.8) is 0 Å². The van der Waals surface area contributed by atoms with Crippen LogP contribution in [0.4, 0.5) is 0 Å². The number of hydrogen-bond acceptors (Lipinski definition) is 7. The Morgan fingerprint density at radius 3 is 2.72 bits per heavy atom. The number of aromatic nitrogens is 1. The molecule has 32 heavy (non-hydrogen) atoms. The number of carbonyl (C=O) groups excluding carboxylic acids is 1. The molecule has 0 spiro atoms. The maximum absolute atomic E-state index is 11.4. The number of hydrogen-bond donors (Lipinski definition) is 4. The van der Waals surface area contributed by atoms with Gasteiger partial charge in [0, 0.05) is 29.7 Å². The molecule has 4 rings (SSSR count). The molecular weight excluding hydrogens is 428 g/mol. The Morgan fingerprint density at radius 1 is 1.22 bits per heavy atom. The first-order chi connectivity index (χ1) is 15.4. The van der Waals surface area contributed by atoms with E-state index < -0.39 is 12.6 Å². The molecule has 1 unspecified atom stereocenters. The third-order valence-electron chi connectivity index (χ3n) is 5.29. The van der Waals surface area contributed by atoms with Gasteiger partial charge in [0.25, 0.3) is 0 Å².